The molecule has 2 aromatic carbocycles. The summed E-state index contributed by atoms with van der Waals surface area (Å²) in [5.74, 6) is 1.10. The molecule has 1 saturated heterocycles. The van der Waals surface area contributed by atoms with Crippen molar-refractivity contribution in [1.82, 2.24) is 4.90 Å². The van der Waals surface area contributed by atoms with Crippen LogP contribution in [0.1, 0.15) is 18.4 Å². The van der Waals surface area contributed by atoms with Crippen LogP contribution in [0.5, 0.6) is 5.75 Å². The van der Waals surface area contributed by atoms with Gasteiger partial charge in [-0.15, -0.1) is 0 Å². The van der Waals surface area contributed by atoms with E-state index in [1.165, 1.54) is 11.3 Å². The van der Waals surface area contributed by atoms with Crippen molar-refractivity contribution in [3.63, 3.8) is 0 Å². The standard InChI is InChI=1S/C23H29N3O2/c1-24-22-10-9-21(18-19(22)8-11-23(24)27)28-17-5-12-25-13-15-26(16-14-25)20-6-3-2-4-7-20/h2-4,6-7,9-10,18H,5,8,11-17H2,1H3. The van der Waals surface area contributed by atoms with Crippen LogP contribution in [0, 0.1) is 0 Å². The summed E-state index contributed by atoms with van der Waals surface area (Å²) in [7, 11) is 1.85. The maximum Gasteiger partial charge on any atom is 0.227 e. The van der Waals surface area contributed by atoms with E-state index in [2.05, 4.69) is 46.2 Å². The van der Waals surface area contributed by atoms with Gasteiger partial charge < -0.3 is 14.5 Å². The molecular formula is C23H29N3O2. The van der Waals surface area contributed by atoms with Crippen LogP contribution in [0.3, 0.4) is 0 Å². The van der Waals surface area contributed by atoms with Gasteiger partial charge in [0.05, 0.1) is 6.61 Å². The number of rotatable bonds is 6. The van der Waals surface area contributed by atoms with E-state index < -0.39 is 0 Å². The second-order valence-electron chi connectivity index (χ2n) is 7.61. The predicted molar refractivity (Wildman–Crippen MR) is 113 cm³/mol. The van der Waals surface area contributed by atoms with E-state index in [9.17, 15) is 4.79 Å². The van der Waals surface area contributed by atoms with Gasteiger partial charge in [0.25, 0.3) is 0 Å². The van der Waals surface area contributed by atoms with Crippen molar-refractivity contribution < 1.29 is 9.53 Å². The van der Waals surface area contributed by atoms with Gasteiger partial charge in [-0.3, -0.25) is 9.69 Å². The summed E-state index contributed by atoms with van der Waals surface area (Å²) in [5.41, 5.74) is 3.54. The molecule has 0 unspecified atom stereocenters. The fourth-order valence-electron chi connectivity index (χ4n) is 4.07. The number of carbonyl (C=O) groups excluding carboxylic acids is 1. The van der Waals surface area contributed by atoms with Gasteiger partial charge in [-0.25, -0.2) is 0 Å². The summed E-state index contributed by atoms with van der Waals surface area (Å²) < 4.78 is 5.98. The largest absolute Gasteiger partial charge is 0.494 e. The van der Waals surface area contributed by atoms with Crippen LogP contribution >= 0.6 is 0 Å². The molecule has 1 fully saturated rings. The molecule has 2 aromatic rings. The third kappa shape index (κ3) is 4.30. The van der Waals surface area contributed by atoms with Gasteiger partial charge >= 0.3 is 0 Å². The Morgan fingerprint density at radius 1 is 0.964 bits per heavy atom. The predicted octanol–water partition coefficient (Wildman–Crippen LogP) is 3.19. The molecule has 0 aromatic heterocycles. The quantitative estimate of drug-likeness (QED) is 0.723. The van der Waals surface area contributed by atoms with Crippen LogP contribution in [0.2, 0.25) is 0 Å². The first-order valence-corrected chi connectivity index (χ1v) is 10.3. The minimum Gasteiger partial charge on any atom is -0.494 e. The van der Waals surface area contributed by atoms with Crippen LogP contribution in [-0.4, -0.2) is 57.2 Å². The minimum atomic E-state index is 0.188. The molecule has 4 rings (SSSR count). The number of carbonyl (C=O) groups is 1. The van der Waals surface area contributed by atoms with Crippen LogP contribution in [0.4, 0.5) is 11.4 Å². The molecule has 0 aliphatic carbocycles. The molecule has 2 heterocycles. The van der Waals surface area contributed by atoms with Crippen LogP contribution in [0.15, 0.2) is 48.5 Å². The lowest BCUT2D eigenvalue weighted by atomic mass is 10.0. The Labute approximate surface area is 167 Å². The number of hydrogen-bond donors (Lipinski definition) is 0. The first-order valence-electron chi connectivity index (χ1n) is 10.3. The normalized spacial score (nSPS) is 17.5. The van der Waals surface area contributed by atoms with Crippen molar-refractivity contribution >= 4 is 17.3 Å². The Bertz CT molecular complexity index is 801. The molecule has 2 aliphatic rings. The van der Waals surface area contributed by atoms with Gasteiger partial charge in [0.2, 0.25) is 5.91 Å². The lowest BCUT2D eigenvalue weighted by Crippen LogP contribution is -2.46. The molecule has 0 spiro atoms. The van der Waals surface area contributed by atoms with Gasteiger partial charge in [0, 0.05) is 57.6 Å². The van der Waals surface area contributed by atoms with Crippen molar-refractivity contribution in [1.29, 1.82) is 0 Å². The van der Waals surface area contributed by atoms with Crippen molar-refractivity contribution in [3.05, 3.63) is 54.1 Å². The lowest BCUT2D eigenvalue weighted by Gasteiger charge is -2.36. The van der Waals surface area contributed by atoms with Crippen LogP contribution in [-0.2, 0) is 11.2 Å². The smallest absolute Gasteiger partial charge is 0.227 e. The number of hydrogen-bond acceptors (Lipinski definition) is 4. The van der Waals surface area contributed by atoms with E-state index in [0.29, 0.717) is 6.42 Å². The average molecular weight is 380 g/mol. The fraction of sp³-hybridized carbons (Fsp3) is 0.435. The number of benzene rings is 2. The molecule has 0 bridgehead atoms. The number of ether oxygens (including phenoxy) is 1. The maximum atomic E-state index is 11.8. The first-order chi connectivity index (χ1) is 13.7. The Hall–Kier alpha value is -2.53. The van der Waals surface area contributed by atoms with Crippen molar-refractivity contribution in [2.45, 2.75) is 19.3 Å². The van der Waals surface area contributed by atoms with E-state index in [0.717, 1.165) is 63.6 Å². The monoisotopic (exact) mass is 379 g/mol. The van der Waals surface area contributed by atoms with Gasteiger partial charge in [0.15, 0.2) is 0 Å². The zero-order chi connectivity index (χ0) is 19.3. The molecule has 0 saturated carbocycles. The first kappa shape index (κ1) is 18.8. The number of amides is 1. The third-order valence-corrected chi connectivity index (χ3v) is 5.78. The molecular weight excluding hydrogens is 350 g/mol. The molecule has 0 atom stereocenters. The molecule has 28 heavy (non-hydrogen) atoms. The van der Waals surface area contributed by atoms with Crippen molar-refractivity contribution in [3.8, 4) is 5.75 Å². The van der Waals surface area contributed by atoms with Gasteiger partial charge in [-0.1, -0.05) is 18.2 Å². The topological polar surface area (TPSA) is 36.0 Å². The molecule has 1 amide bonds. The van der Waals surface area contributed by atoms with Crippen LogP contribution in [0.25, 0.3) is 0 Å². The summed E-state index contributed by atoms with van der Waals surface area (Å²) in [6.45, 7) is 6.18. The zero-order valence-corrected chi connectivity index (χ0v) is 16.6. The summed E-state index contributed by atoms with van der Waals surface area (Å²) in [6, 6.07) is 16.7. The third-order valence-electron chi connectivity index (χ3n) is 5.78. The zero-order valence-electron chi connectivity index (χ0n) is 16.6. The fourth-order valence-corrected chi connectivity index (χ4v) is 4.07. The van der Waals surface area contributed by atoms with Crippen molar-refractivity contribution in [2.24, 2.45) is 0 Å². The number of piperazine rings is 1. The van der Waals surface area contributed by atoms with Crippen LogP contribution < -0.4 is 14.5 Å². The molecule has 5 heteroatoms. The Morgan fingerprint density at radius 3 is 2.54 bits per heavy atom. The van der Waals surface area contributed by atoms with Gasteiger partial charge in [-0.05, 0) is 48.7 Å². The molecule has 0 radical (unpaired) electrons. The number of aryl methyl sites for hydroxylation is 1. The Kier molecular flexibility index (Phi) is 5.81. The van der Waals surface area contributed by atoms with Crippen molar-refractivity contribution in [2.75, 3.05) is 56.2 Å². The average Bonchev–Trinajstić information content (AvgIpc) is 2.75. The Balaban J connectivity index is 1.19. The summed E-state index contributed by atoms with van der Waals surface area (Å²) in [5, 5.41) is 0. The van der Waals surface area contributed by atoms with E-state index in [4.69, 9.17) is 4.74 Å². The summed E-state index contributed by atoms with van der Waals surface area (Å²) in [6.07, 6.45) is 2.42. The van der Waals surface area contributed by atoms with Gasteiger partial charge in [-0.2, -0.15) is 0 Å². The molecule has 2 aliphatic heterocycles. The van der Waals surface area contributed by atoms with E-state index in [-0.39, 0.29) is 5.91 Å². The minimum absolute atomic E-state index is 0.188. The second-order valence-corrected chi connectivity index (χ2v) is 7.61. The summed E-state index contributed by atoms with van der Waals surface area (Å²) >= 11 is 0. The lowest BCUT2D eigenvalue weighted by molar-refractivity contribution is -0.118. The molecule has 5 nitrogen and oxygen atoms in total. The second kappa shape index (κ2) is 8.65. The molecule has 0 N–H and O–H groups in total. The SMILES string of the molecule is CN1C(=O)CCc2cc(OCCCN3CCN(c4ccccc4)CC3)ccc21. The summed E-state index contributed by atoms with van der Waals surface area (Å²) in [4.78, 5) is 18.5. The molecule has 148 valence electrons. The number of anilines is 2. The maximum absolute atomic E-state index is 11.8. The highest BCUT2D eigenvalue weighted by Crippen LogP contribution is 2.30. The highest BCUT2D eigenvalue weighted by atomic mass is 16.5. The highest BCUT2D eigenvalue weighted by Gasteiger charge is 2.21. The Morgan fingerprint density at radius 2 is 1.75 bits per heavy atom. The van der Waals surface area contributed by atoms with E-state index in [1.54, 1.807) is 4.90 Å². The van der Waals surface area contributed by atoms with Gasteiger partial charge in [0.1, 0.15) is 5.75 Å². The highest BCUT2D eigenvalue weighted by molar-refractivity contribution is 5.95. The van der Waals surface area contributed by atoms with E-state index >= 15 is 0 Å². The van der Waals surface area contributed by atoms with E-state index in [1.807, 2.05) is 19.2 Å². The number of fused-ring (bicyclic) bond motifs is 1. The number of para-hydroxylation sites is 1. The number of nitrogens with zero attached hydrogens (tertiary/aromatic N) is 3.